The Morgan fingerprint density at radius 2 is 2.29 bits per heavy atom. The van der Waals surface area contributed by atoms with E-state index in [0.29, 0.717) is 6.61 Å². The maximum absolute atomic E-state index is 10.7. The van der Waals surface area contributed by atoms with Crippen molar-refractivity contribution in [3.05, 3.63) is 10.4 Å². The van der Waals surface area contributed by atoms with Crippen LogP contribution >= 0.6 is 22.9 Å². The normalized spacial score (nSPS) is 8.93. The molecule has 0 saturated carbocycles. The summed E-state index contributed by atoms with van der Waals surface area (Å²) in [5.41, 5.74) is 10.1. The van der Waals surface area contributed by atoms with Gasteiger partial charge in [0.2, 0.25) is 0 Å². The summed E-state index contributed by atoms with van der Waals surface area (Å²) >= 11 is 1.75. The molecule has 0 saturated heterocycles. The third-order valence-electron chi connectivity index (χ3n) is 1.01. The standard InChI is InChI=1S/C5H10IN5O3/c6-10-9-5(12)14-4-3-13-2-1-8-11-7/h10H,1-4H2,(H,9,12). The van der Waals surface area contributed by atoms with E-state index in [2.05, 4.69) is 23.8 Å². The number of halogens is 1. The number of nitrogens with one attached hydrogen (secondary N) is 2. The molecule has 0 atom stereocenters. The van der Waals surface area contributed by atoms with Crippen LogP contribution < -0.4 is 9.06 Å². The summed E-state index contributed by atoms with van der Waals surface area (Å²) in [4.78, 5) is 13.2. The summed E-state index contributed by atoms with van der Waals surface area (Å²) in [7, 11) is 0. The molecule has 0 spiro atoms. The molecule has 0 heterocycles. The molecule has 9 heteroatoms. The second-order valence-corrected chi connectivity index (χ2v) is 2.46. The molecule has 0 fully saturated rings. The third-order valence-corrected chi connectivity index (χ3v) is 1.28. The van der Waals surface area contributed by atoms with Gasteiger partial charge < -0.3 is 9.47 Å². The van der Waals surface area contributed by atoms with E-state index in [0.717, 1.165) is 0 Å². The van der Waals surface area contributed by atoms with Crippen molar-refractivity contribution < 1.29 is 14.3 Å². The van der Waals surface area contributed by atoms with Gasteiger partial charge in [-0.25, -0.2) is 10.2 Å². The minimum absolute atomic E-state index is 0.153. The number of carbonyl (C=O) groups is 1. The highest BCUT2D eigenvalue weighted by Crippen LogP contribution is 1.81. The Kier molecular flexibility index (Phi) is 9.74. The number of hydrogen-bond acceptors (Lipinski definition) is 5. The number of hydrazine groups is 1. The van der Waals surface area contributed by atoms with Gasteiger partial charge in [0.1, 0.15) is 6.61 Å². The Labute approximate surface area is 94.4 Å². The molecule has 0 aromatic rings. The first-order valence-corrected chi connectivity index (χ1v) is 4.76. The summed E-state index contributed by atoms with van der Waals surface area (Å²) in [6, 6.07) is 0. The van der Waals surface area contributed by atoms with Crippen molar-refractivity contribution in [1.82, 2.24) is 9.06 Å². The third kappa shape index (κ3) is 9.32. The van der Waals surface area contributed by atoms with Crippen LogP contribution in [0.25, 0.3) is 10.4 Å². The first kappa shape index (κ1) is 13.2. The maximum atomic E-state index is 10.7. The van der Waals surface area contributed by atoms with E-state index < -0.39 is 6.09 Å². The Morgan fingerprint density at radius 1 is 1.50 bits per heavy atom. The van der Waals surface area contributed by atoms with E-state index in [1.54, 1.807) is 22.9 Å². The van der Waals surface area contributed by atoms with Gasteiger partial charge in [-0.05, 0) is 5.53 Å². The van der Waals surface area contributed by atoms with Crippen LogP contribution in [-0.4, -0.2) is 32.5 Å². The van der Waals surface area contributed by atoms with Gasteiger partial charge in [0.25, 0.3) is 0 Å². The molecule has 0 aliphatic rings. The monoisotopic (exact) mass is 315 g/mol. The van der Waals surface area contributed by atoms with Gasteiger partial charge in [0.15, 0.2) is 0 Å². The molecular weight excluding hydrogens is 305 g/mol. The van der Waals surface area contributed by atoms with Crippen LogP contribution in [0.3, 0.4) is 0 Å². The Balaban J connectivity index is 3.13. The van der Waals surface area contributed by atoms with Crippen LogP contribution in [0.2, 0.25) is 0 Å². The van der Waals surface area contributed by atoms with E-state index in [4.69, 9.17) is 10.3 Å². The summed E-state index contributed by atoms with van der Waals surface area (Å²) in [5.74, 6) is 0. The van der Waals surface area contributed by atoms with E-state index in [1.165, 1.54) is 0 Å². The zero-order chi connectivity index (χ0) is 10.6. The SMILES string of the molecule is [N-]=[N+]=NCCOCCOC(=O)NNI. The van der Waals surface area contributed by atoms with E-state index >= 15 is 0 Å². The van der Waals surface area contributed by atoms with Gasteiger partial charge in [-0.3, -0.25) is 0 Å². The van der Waals surface area contributed by atoms with Gasteiger partial charge in [0, 0.05) is 34.3 Å². The molecule has 80 valence electrons. The van der Waals surface area contributed by atoms with Crippen LogP contribution in [0.15, 0.2) is 5.11 Å². The number of azide groups is 1. The van der Waals surface area contributed by atoms with Crippen molar-refractivity contribution in [2.45, 2.75) is 0 Å². The average molecular weight is 315 g/mol. The highest BCUT2D eigenvalue weighted by molar-refractivity contribution is 14.1. The minimum Gasteiger partial charge on any atom is -0.446 e. The maximum Gasteiger partial charge on any atom is 0.422 e. The lowest BCUT2D eigenvalue weighted by Gasteiger charge is -2.04. The lowest BCUT2D eigenvalue weighted by molar-refractivity contribution is 0.0760. The fourth-order valence-electron chi connectivity index (χ4n) is 0.520. The van der Waals surface area contributed by atoms with Crippen LogP contribution in [0.5, 0.6) is 0 Å². The molecule has 14 heavy (non-hydrogen) atoms. The number of ether oxygens (including phenoxy) is 2. The molecule has 0 rings (SSSR count). The smallest absolute Gasteiger partial charge is 0.422 e. The van der Waals surface area contributed by atoms with E-state index in [9.17, 15) is 4.79 Å². The highest BCUT2D eigenvalue weighted by atomic mass is 127. The van der Waals surface area contributed by atoms with E-state index in [1.807, 2.05) is 0 Å². The zero-order valence-corrected chi connectivity index (χ0v) is 9.43. The number of rotatable bonds is 7. The average Bonchev–Trinajstić information content (AvgIpc) is 2.17. The Hall–Kier alpha value is -0.770. The van der Waals surface area contributed by atoms with Gasteiger partial charge in [-0.2, -0.15) is 3.64 Å². The second kappa shape index (κ2) is 10.3. The first-order valence-electron chi connectivity index (χ1n) is 3.68. The van der Waals surface area contributed by atoms with Gasteiger partial charge in [0.05, 0.1) is 13.2 Å². The topological polar surface area (TPSA) is 108 Å². The molecule has 0 unspecified atom stereocenters. The number of amides is 1. The quantitative estimate of drug-likeness (QED) is 0.138. The molecule has 0 aromatic heterocycles. The number of hydrogen-bond donors (Lipinski definition) is 2. The lowest BCUT2D eigenvalue weighted by Crippen LogP contribution is -2.31. The van der Waals surface area contributed by atoms with Crippen molar-refractivity contribution in [3.8, 4) is 0 Å². The summed E-state index contributed by atoms with van der Waals surface area (Å²) in [6.07, 6.45) is -0.571. The minimum atomic E-state index is -0.571. The van der Waals surface area contributed by atoms with Crippen molar-refractivity contribution >= 4 is 29.0 Å². The fraction of sp³-hybridized carbons (Fsp3) is 0.800. The van der Waals surface area contributed by atoms with Crippen LogP contribution in [0, 0.1) is 0 Å². The molecule has 8 nitrogen and oxygen atoms in total. The molecule has 1 amide bonds. The highest BCUT2D eigenvalue weighted by Gasteiger charge is 1.97. The van der Waals surface area contributed by atoms with Crippen molar-refractivity contribution in [3.63, 3.8) is 0 Å². The molecule has 0 radical (unpaired) electrons. The summed E-state index contributed by atoms with van der Waals surface area (Å²) in [5, 5.41) is 3.26. The molecule has 0 aliphatic heterocycles. The molecule has 0 aliphatic carbocycles. The summed E-state index contributed by atoms with van der Waals surface area (Å²) < 4.78 is 12.0. The molecule has 2 N–H and O–H groups in total. The summed E-state index contributed by atoms with van der Waals surface area (Å²) in [6.45, 7) is 1.02. The number of nitrogens with zero attached hydrogens (tertiary/aromatic N) is 3. The second-order valence-electron chi connectivity index (χ2n) is 1.92. The predicted molar refractivity (Wildman–Crippen MR) is 56.5 cm³/mol. The van der Waals surface area contributed by atoms with Crippen LogP contribution in [0.1, 0.15) is 0 Å². The molecular formula is C5H10IN5O3. The van der Waals surface area contributed by atoms with Gasteiger partial charge in [-0.1, -0.05) is 5.11 Å². The Morgan fingerprint density at radius 3 is 2.93 bits per heavy atom. The van der Waals surface area contributed by atoms with Crippen LogP contribution in [0.4, 0.5) is 4.79 Å². The fourth-order valence-corrected chi connectivity index (χ4v) is 0.740. The van der Waals surface area contributed by atoms with Gasteiger partial charge >= 0.3 is 6.09 Å². The molecule has 0 aromatic carbocycles. The Bertz CT molecular complexity index is 208. The van der Waals surface area contributed by atoms with Crippen molar-refractivity contribution in [2.24, 2.45) is 5.11 Å². The lowest BCUT2D eigenvalue weighted by atomic mass is 10.7. The molecule has 0 bridgehead atoms. The predicted octanol–water partition coefficient (Wildman–Crippen LogP) is 0.894. The number of carbonyl (C=O) groups excluding carboxylic acids is 1. The first-order chi connectivity index (χ1) is 6.81. The van der Waals surface area contributed by atoms with E-state index in [-0.39, 0.29) is 19.8 Å². The van der Waals surface area contributed by atoms with Crippen LogP contribution in [-0.2, 0) is 9.47 Å². The van der Waals surface area contributed by atoms with Gasteiger partial charge in [-0.15, -0.1) is 0 Å². The zero-order valence-electron chi connectivity index (χ0n) is 7.27. The van der Waals surface area contributed by atoms with Crippen molar-refractivity contribution in [2.75, 3.05) is 26.4 Å². The van der Waals surface area contributed by atoms with Crippen molar-refractivity contribution in [1.29, 1.82) is 0 Å². The largest absolute Gasteiger partial charge is 0.446 e.